The van der Waals surface area contributed by atoms with E-state index in [-0.39, 0.29) is 17.5 Å². The summed E-state index contributed by atoms with van der Waals surface area (Å²) in [6.07, 6.45) is 2.92. The molecule has 1 amide bonds. The molecule has 7 nitrogen and oxygen atoms in total. The van der Waals surface area contributed by atoms with Crippen molar-refractivity contribution in [1.82, 2.24) is 14.5 Å². The molecule has 0 spiro atoms. The summed E-state index contributed by atoms with van der Waals surface area (Å²) in [5.41, 5.74) is 0.352. The molecule has 2 aromatic carbocycles. The van der Waals surface area contributed by atoms with Gasteiger partial charge >= 0.3 is 5.69 Å². The number of H-pyrrole nitrogens is 1. The molecule has 0 unspecified atom stereocenters. The van der Waals surface area contributed by atoms with Gasteiger partial charge in [-0.1, -0.05) is 18.2 Å². The summed E-state index contributed by atoms with van der Waals surface area (Å²) in [5.74, 6) is 1.38. The maximum Gasteiger partial charge on any atom is 0.328 e. The number of benzene rings is 2. The number of hydrogen-bond acceptors (Lipinski definition) is 4. The minimum atomic E-state index is -0.399. The van der Waals surface area contributed by atoms with E-state index in [2.05, 4.69) is 4.98 Å². The molecular formula is C23H23N3O4. The maximum absolute atomic E-state index is 12.8. The zero-order valence-corrected chi connectivity index (χ0v) is 16.7. The summed E-state index contributed by atoms with van der Waals surface area (Å²) in [6.45, 7) is 2.78. The SMILES string of the molecule is Cc1cn(C2CCN(C(=O)c3ccc(Oc4ccccc4)cc3)CC2)c(=O)[nH]c1=O. The fraction of sp³-hybridized carbons (Fsp3) is 0.261. The molecule has 1 N–H and O–H groups in total. The first-order chi connectivity index (χ1) is 14.5. The number of rotatable bonds is 4. The zero-order valence-electron chi connectivity index (χ0n) is 16.7. The quantitative estimate of drug-likeness (QED) is 0.723. The highest BCUT2D eigenvalue weighted by Crippen LogP contribution is 2.24. The predicted molar refractivity (Wildman–Crippen MR) is 113 cm³/mol. The topological polar surface area (TPSA) is 84.4 Å². The molecule has 1 saturated heterocycles. The number of hydrogen-bond donors (Lipinski definition) is 1. The van der Waals surface area contributed by atoms with Crippen LogP contribution >= 0.6 is 0 Å². The lowest BCUT2D eigenvalue weighted by molar-refractivity contribution is 0.0693. The summed E-state index contributed by atoms with van der Waals surface area (Å²) < 4.78 is 7.35. The van der Waals surface area contributed by atoms with Gasteiger partial charge in [0, 0.05) is 36.5 Å². The molecule has 1 aliphatic rings. The highest BCUT2D eigenvalue weighted by Gasteiger charge is 2.25. The first kappa shape index (κ1) is 19.7. The molecule has 0 bridgehead atoms. The molecule has 154 valence electrons. The minimum Gasteiger partial charge on any atom is -0.457 e. The Kier molecular flexibility index (Phi) is 5.52. The molecule has 1 aromatic heterocycles. The Bertz CT molecular complexity index is 1140. The van der Waals surface area contributed by atoms with E-state index in [0.29, 0.717) is 42.8 Å². The number of amides is 1. The second kappa shape index (κ2) is 8.41. The van der Waals surface area contributed by atoms with E-state index in [1.54, 1.807) is 46.9 Å². The van der Waals surface area contributed by atoms with Crippen LogP contribution in [0.1, 0.15) is 34.8 Å². The van der Waals surface area contributed by atoms with Gasteiger partial charge in [-0.05, 0) is 56.2 Å². The average Bonchev–Trinajstić information content (AvgIpc) is 2.77. The van der Waals surface area contributed by atoms with E-state index < -0.39 is 5.69 Å². The van der Waals surface area contributed by atoms with Crippen LogP contribution in [0.4, 0.5) is 0 Å². The lowest BCUT2D eigenvalue weighted by atomic mass is 10.0. The molecule has 1 aliphatic heterocycles. The van der Waals surface area contributed by atoms with E-state index in [4.69, 9.17) is 4.74 Å². The van der Waals surface area contributed by atoms with Gasteiger partial charge in [-0.15, -0.1) is 0 Å². The number of aromatic amines is 1. The second-order valence-corrected chi connectivity index (χ2v) is 7.44. The Morgan fingerprint density at radius 3 is 2.27 bits per heavy atom. The van der Waals surface area contributed by atoms with Gasteiger partial charge in [0.1, 0.15) is 11.5 Å². The van der Waals surface area contributed by atoms with E-state index in [0.717, 1.165) is 5.75 Å². The van der Waals surface area contributed by atoms with Crippen LogP contribution in [0.5, 0.6) is 11.5 Å². The normalized spacial score (nSPS) is 14.5. The number of nitrogens with one attached hydrogen (secondary N) is 1. The van der Waals surface area contributed by atoms with Gasteiger partial charge < -0.3 is 9.64 Å². The van der Waals surface area contributed by atoms with E-state index >= 15 is 0 Å². The van der Waals surface area contributed by atoms with Crippen molar-refractivity contribution in [3.8, 4) is 11.5 Å². The van der Waals surface area contributed by atoms with Gasteiger partial charge in [0.05, 0.1) is 0 Å². The minimum absolute atomic E-state index is 0.0289. The molecule has 4 rings (SSSR count). The first-order valence-corrected chi connectivity index (χ1v) is 9.95. The fourth-order valence-corrected chi connectivity index (χ4v) is 3.68. The molecule has 30 heavy (non-hydrogen) atoms. The van der Waals surface area contributed by atoms with Gasteiger partial charge in [0.2, 0.25) is 0 Å². The van der Waals surface area contributed by atoms with Crippen molar-refractivity contribution in [1.29, 1.82) is 0 Å². The number of nitrogens with zero attached hydrogens (tertiary/aromatic N) is 2. The number of likely N-dealkylation sites (tertiary alicyclic amines) is 1. The number of carbonyl (C=O) groups is 1. The van der Waals surface area contributed by atoms with Gasteiger partial charge in [0.15, 0.2) is 0 Å². The zero-order chi connectivity index (χ0) is 21.1. The average molecular weight is 405 g/mol. The third-order valence-electron chi connectivity index (χ3n) is 5.37. The van der Waals surface area contributed by atoms with Crippen LogP contribution in [0.25, 0.3) is 0 Å². The van der Waals surface area contributed by atoms with E-state index in [1.807, 2.05) is 30.3 Å². The molecule has 2 heterocycles. The van der Waals surface area contributed by atoms with Crippen LogP contribution in [-0.2, 0) is 0 Å². The number of carbonyl (C=O) groups excluding carboxylic acids is 1. The standard InChI is InChI=1S/C23H23N3O4/c1-16-15-26(23(29)24-21(16)27)18-11-13-25(14-12-18)22(28)17-7-9-20(10-8-17)30-19-5-3-2-4-6-19/h2-10,15,18H,11-14H2,1H3,(H,24,27,29). The van der Waals surface area contributed by atoms with Gasteiger partial charge in [0.25, 0.3) is 11.5 Å². The molecule has 0 atom stereocenters. The van der Waals surface area contributed by atoms with Crippen LogP contribution < -0.4 is 16.0 Å². The highest BCUT2D eigenvalue weighted by atomic mass is 16.5. The number of para-hydroxylation sites is 1. The molecule has 1 fully saturated rings. The molecule has 0 aliphatic carbocycles. The summed E-state index contributed by atoms with van der Waals surface area (Å²) in [7, 11) is 0. The van der Waals surface area contributed by atoms with Crippen LogP contribution in [0.2, 0.25) is 0 Å². The van der Waals surface area contributed by atoms with Crippen LogP contribution in [-0.4, -0.2) is 33.4 Å². The predicted octanol–water partition coefficient (Wildman–Crippen LogP) is 3.11. The van der Waals surface area contributed by atoms with Crippen molar-refractivity contribution < 1.29 is 9.53 Å². The van der Waals surface area contributed by atoms with Crippen molar-refractivity contribution >= 4 is 5.91 Å². The van der Waals surface area contributed by atoms with Crippen LogP contribution in [0.3, 0.4) is 0 Å². The number of piperidine rings is 1. The Hall–Kier alpha value is -3.61. The summed E-state index contributed by atoms with van der Waals surface area (Å²) >= 11 is 0. The molecule has 3 aromatic rings. The van der Waals surface area contributed by atoms with E-state index in [1.165, 1.54) is 0 Å². The summed E-state index contributed by atoms with van der Waals surface area (Å²) in [6, 6.07) is 16.6. The van der Waals surface area contributed by atoms with Crippen molar-refractivity contribution in [3.05, 3.63) is 92.8 Å². The van der Waals surface area contributed by atoms with Crippen LogP contribution in [0, 0.1) is 6.92 Å². The van der Waals surface area contributed by atoms with Crippen LogP contribution in [0.15, 0.2) is 70.4 Å². The third kappa shape index (κ3) is 4.20. The fourth-order valence-electron chi connectivity index (χ4n) is 3.68. The third-order valence-corrected chi connectivity index (χ3v) is 5.37. The lowest BCUT2D eigenvalue weighted by Gasteiger charge is -2.33. The van der Waals surface area contributed by atoms with Crippen molar-refractivity contribution in [2.75, 3.05) is 13.1 Å². The van der Waals surface area contributed by atoms with Gasteiger partial charge in [-0.25, -0.2) is 4.79 Å². The molecular weight excluding hydrogens is 382 g/mol. The first-order valence-electron chi connectivity index (χ1n) is 9.95. The summed E-state index contributed by atoms with van der Waals surface area (Å²) in [4.78, 5) is 40.7. The van der Waals surface area contributed by atoms with Gasteiger partial charge in [-0.2, -0.15) is 0 Å². The summed E-state index contributed by atoms with van der Waals surface area (Å²) in [5, 5.41) is 0. The number of aromatic nitrogens is 2. The Morgan fingerprint density at radius 1 is 0.967 bits per heavy atom. The lowest BCUT2D eigenvalue weighted by Crippen LogP contribution is -2.42. The maximum atomic E-state index is 12.8. The van der Waals surface area contributed by atoms with Crippen molar-refractivity contribution in [2.24, 2.45) is 0 Å². The Morgan fingerprint density at radius 2 is 1.60 bits per heavy atom. The Labute approximate surface area is 173 Å². The number of ether oxygens (including phenoxy) is 1. The smallest absolute Gasteiger partial charge is 0.328 e. The van der Waals surface area contributed by atoms with Gasteiger partial charge in [-0.3, -0.25) is 19.1 Å². The highest BCUT2D eigenvalue weighted by molar-refractivity contribution is 5.94. The Balaban J connectivity index is 1.39. The molecule has 0 saturated carbocycles. The molecule has 7 heteroatoms. The monoisotopic (exact) mass is 405 g/mol. The van der Waals surface area contributed by atoms with Crippen molar-refractivity contribution in [2.45, 2.75) is 25.8 Å². The second-order valence-electron chi connectivity index (χ2n) is 7.44. The van der Waals surface area contributed by atoms with Crippen molar-refractivity contribution in [3.63, 3.8) is 0 Å². The molecule has 0 radical (unpaired) electrons. The van der Waals surface area contributed by atoms with E-state index in [9.17, 15) is 14.4 Å². The number of aryl methyl sites for hydroxylation is 1. The largest absolute Gasteiger partial charge is 0.457 e.